The average Bonchev–Trinajstić information content (AvgIpc) is 2.95. The Kier molecular flexibility index (Phi) is 5.12. The lowest BCUT2D eigenvalue weighted by Crippen LogP contribution is -2.15. The highest BCUT2D eigenvalue weighted by atomic mass is 16.5. The first-order valence-corrected chi connectivity index (χ1v) is 6.90. The van der Waals surface area contributed by atoms with Gasteiger partial charge in [0.25, 0.3) is 0 Å². The van der Waals surface area contributed by atoms with E-state index in [1.165, 1.54) is 6.20 Å². The summed E-state index contributed by atoms with van der Waals surface area (Å²) in [6, 6.07) is 3.57. The smallest absolute Gasteiger partial charge is 0.166 e. The molecule has 0 amide bonds. The minimum Gasteiger partial charge on any atom is -0.486 e. The Morgan fingerprint density at radius 2 is 2.45 bits per heavy atom. The van der Waals surface area contributed by atoms with Gasteiger partial charge in [-0.25, -0.2) is 0 Å². The Bertz CT molecular complexity index is 476. The third-order valence-corrected chi connectivity index (χ3v) is 3.15. The highest BCUT2D eigenvalue weighted by Crippen LogP contribution is 2.20. The van der Waals surface area contributed by atoms with Gasteiger partial charge in [-0.05, 0) is 18.6 Å². The Balaban J connectivity index is 2.04. The normalized spacial score (nSPS) is 19.1. The van der Waals surface area contributed by atoms with Gasteiger partial charge in [0.05, 0.1) is 30.7 Å². The van der Waals surface area contributed by atoms with Crippen molar-refractivity contribution in [3.05, 3.63) is 30.2 Å². The van der Waals surface area contributed by atoms with Gasteiger partial charge in [0.1, 0.15) is 11.9 Å². The molecule has 0 radical (unpaired) electrons. The zero-order valence-corrected chi connectivity index (χ0v) is 11.7. The molecule has 1 saturated heterocycles. The van der Waals surface area contributed by atoms with Gasteiger partial charge in [-0.2, -0.15) is 0 Å². The number of hydrogen-bond donors (Lipinski definition) is 1. The van der Waals surface area contributed by atoms with Crippen LogP contribution in [0.25, 0.3) is 5.57 Å². The van der Waals surface area contributed by atoms with Gasteiger partial charge in [-0.3, -0.25) is 9.78 Å². The maximum Gasteiger partial charge on any atom is 0.166 e. The number of ketones is 1. The van der Waals surface area contributed by atoms with Crippen molar-refractivity contribution in [3.63, 3.8) is 0 Å². The Morgan fingerprint density at radius 3 is 3.00 bits per heavy atom. The lowest BCUT2D eigenvalue weighted by atomic mass is 10.0. The van der Waals surface area contributed by atoms with E-state index in [1.807, 2.05) is 13.0 Å². The molecule has 1 fully saturated rings. The Labute approximate surface area is 118 Å². The number of aromatic nitrogens is 1. The van der Waals surface area contributed by atoms with E-state index in [0.29, 0.717) is 30.0 Å². The van der Waals surface area contributed by atoms with E-state index < -0.39 is 0 Å². The average molecular weight is 276 g/mol. The summed E-state index contributed by atoms with van der Waals surface area (Å²) in [4.78, 5) is 16.2. The molecule has 0 aliphatic carbocycles. The molecule has 5 heteroatoms. The summed E-state index contributed by atoms with van der Waals surface area (Å²) >= 11 is 0. The molecule has 1 aliphatic heterocycles. The van der Waals surface area contributed by atoms with E-state index >= 15 is 0 Å². The van der Waals surface area contributed by atoms with Crippen molar-refractivity contribution in [1.82, 2.24) is 4.98 Å². The van der Waals surface area contributed by atoms with Crippen LogP contribution in [0.4, 0.5) is 0 Å². The quantitative estimate of drug-likeness (QED) is 0.803. The van der Waals surface area contributed by atoms with Gasteiger partial charge in [0.2, 0.25) is 0 Å². The van der Waals surface area contributed by atoms with Crippen LogP contribution in [0.5, 0.6) is 5.75 Å². The van der Waals surface area contributed by atoms with Crippen molar-refractivity contribution in [3.8, 4) is 5.75 Å². The molecule has 2 heterocycles. The summed E-state index contributed by atoms with van der Waals surface area (Å²) in [7, 11) is 0. The second-order valence-corrected chi connectivity index (χ2v) is 4.74. The van der Waals surface area contributed by atoms with Crippen LogP contribution in [0.2, 0.25) is 0 Å². The number of nitrogens with two attached hydrogens (primary N) is 1. The molecule has 1 aromatic rings. The van der Waals surface area contributed by atoms with E-state index in [4.69, 9.17) is 15.2 Å². The predicted molar refractivity (Wildman–Crippen MR) is 76.2 cm³/mol. The van der Waals surface area contributed by atoms with Crippen molar-refractivity contribution in [2.45, 2.75) is 32.3 Å². The van der Waals surface area contributed by atoms with Crippen molar-refractivity contribution < 1.29 is 14.3 Å². The largest absolute Gasteiger partial charge is 0.486 e. The molecule has 1 atom stereocenters. The van der Waals surface area contributed by atoms with Crippen LogP contribution in [0, 0.1) is 0 Å². The van der Waals surface area contributed by atoms with Crippen molar-refractivity contribution in [2.75, 3.05) is 13.2 Å². The molecule has 0 aromatic carbocycles. The number of allylic oxidation sites excluding steroid dienone is 1. The standard InChI is InChI=1S/C15H20N2O3/c1-2-3-15(18)13(8-16)14-5-4-11(9-17-14)20-12-6-7-19-10-12/h4-5,8-9,12H,2-3,6-7,10,16H2,1H3. The lowest BCUT2D eigenvalue weighted by Gasteiger charge is -2.12. The van der Waals surface area contributed by atoms with Gasteiger partial charge in [0.15, 0.2) is 5.78 Å². The van der Waals surface area contributed by atoms with Gasteiger partial charge in [-0.1, -0.05) is 6.92 Å². The van der Waals surface area contributed by atoms with Crippen LogP contribution in [-0.4, -0.2) is 30.1 Å². The summed E-state index contributed by atoms with van der Waals surface area (Å²) in [6.45, 7) is 3.31. The molecule has 0 spiro atoms. The highest BCUT2D eigenvalue weighted by molar-refractivity contribution is 6.19. The number of carbonyl (C=O) groups excluding carboxylic acids is 1. The molecule has 108 valence electrons. The topological polar surface area (TPSA) is 74.4 Å². The molecule has 2 rings (SSSR count). The maximum atomic E-state index is 11.9. The van der Waals surface area contributed by atoms with Crippen molar-refractivity contribution >= 4 is 11.4 Å². The molecule has 5 nitrogen and oxygen atoms in total. The van der Waals surface area contributed by atoms with Crippen LogP contribution in [0.1, 0.15) is 31.9 Å². The molecular weight excluding hydrogens is 256 g/mol. The number of carbonyl (C=O) groups is 1. The molecule has 1 unspecified atom stereocenters. The summed E-state index contributed by atoms with van der Waals surface area (Å²) in [5.41, 5.74) is 6.58. The van der Waals surface area contributed by atoms with Crippen molar-refractivity contribution in [2.24, 2.45) is 5.73 Å². The minimum absolute atomic E-state index is 0.0142. The minimum atomic E-state index is 0.0142. The molecule has 0 saturated carbocycles. The zero-order chi connectivity index (χ0) is 14.4. The lowest BCUT2D eigenvalue weighted by molar-refractivity contribution is -0.113. The van der Waals surface area contributed by atoms with E-state index in [9.17, 15) is 4.79 Å². The summed E-state index contributed by atoms with van der Waals surface area (Å²) in [6.07, 6.45) is 5.20. The number of nitrogens with zero attached hydrogens (tertiary/aromatic N) is 1. The third kappa shape index (κ3) is 3.57. The number of hydrogen-bond acceptors (Lipinski definition) is 5. The van der Waals surface area contributed by atoms with Crippen LogP contribution in [0.3, 0.4) is 0 Å². The van der Waals surface area contributed by atoms with E-state index in [2.05, 4.69) is 4.98 Å². The van der Waals surface area contributed by atoms with Crippen LogP contribution >= 0.6 is 0 Å². The Morgan fingerprint density at radius 1 is 1.60 bits per heavy atom. The van der Waals surface area contributed by atoms with Gasteiger partial charge >= 0.3 is 0 Å². The first-order chi connectivity index (χ1) is 9.74. The molecule has 1 aromatic heterocycles. The monoisotopic (exact) mass is 276 g/mol. The van der Waals surface area contributed by atoms with E-state index in [0.717, 1.165) is 19.4 Å². The molecule has 2 N–H and O–H groups in total. The first kappa shape index (κ1) is 14.5. The number of pyridine rings is 1. The van der Waals surface area contributed by atoms with Gasteiger partial charge < -0.3 is 15.2 Å². The fourth-order valence-electron chi connectivity index (χ4n) is 2.09. The van der Waals surface area contributed by atoms with Gasteiger partial charge in [-0.15, -0.1) is 0 Å². The first-order valence-electron chi connectivity index (χ1n) is 6.90. The number of Topliss-reactive ketones (excluding diaryl/α,β-unsaturated/α-hetero) is 1. The molecule has 20 heavy (non-hydrogen) atoms. The second kappa shape index (κ2) is 7.05. The maximum absolute atomic E-state index is 11.9. The zero-order valence-electron chi connectivity index (χ0n) is 11.7. The summed E-state index contributed by atoms with van der Waals surface area (Å²) in [5, 5.41) is 0. The van der Waals surface area contributed by atoms with Crippen LogP contribution in [0.15, 0.2) is 24.5 Å². The van der Waals surface area contributed by atoms with Crippen LogP contribution in [-0.2, 0) is 9.53 Å². The fourth-order valence-corrected chi connectivity index (χ4v) is 2.09. The fraction of sp³-hybridized carbons (Fsp3) is 0.467. The number of ether oxygens (including phenoxy) is 2. The highest BCUT2D eigenvalue weighted by Gasteiger charge is 2.17. The third-order valence-electron chi connectivity index (χ3n) is 3.15. The molecular formula is C15H20N2O3. The number of rotatable bonds is 6. The molecule has 0 bridgehead atoms. The van der Waals surface area contributed by atoms with E-state index in [1.54, 1.807) is 12.3 Å². The molecule has 1 aliphatic rings. The Hall–Kier alpha value is -1.88. The van der Waals surface area contributed by atoms with Crippen molar-refractivity contribution in [1.29, 1.82) is 0 Å². The van der Waals surface area contributed by atoms with Crippen LogP contribution < -0.4 is 10.5 Å². The summed E-state index contributed by atoms with van der Waals surface area (Å²) < 4.78 is 11.0. The van der Waals surface area contributed by atoms with Gasteiger partial charge in [0, 0.05) is 19.0 Å². The van der Waals surface area contributed by atoms with E-state index in [-0.39, 0.29) is 11.9 Å². The summed E-state index contributed by atoms with van der Waals surface area (Å²) in [5.74, 6) is 0.698. The second-order valence-electron chi connectivity index (χ2n) is 4.74. The predicted octanol–water partition coefficient (Wildman–Crippen LogP) is 1.92. The SMILES string of the molecule is CCCC(=O)C(=CN)c1ccc(OC2CCOC2)cn1.